The van der Waals surface area contributed by atoms with Gasteiger partial charge in [-0.05, 0) is 55.8 Å². The van der Waals surface area contributed by atoms with E-state index in [1.165, 1.54) is 0 Å². The van der Waals surface area contributed by atoms with Crippen LogP contribution >= 0.6 is 23.2 Å². The van der Waals surface area contributed by atoms with E-state index in [1.54, 1.807) is 60.4 Å². The fourth-order valence-electron chi connectivity index (χ4n) is 4.34. The molecule has 0 saturated carbocycles. The number of rotatable bonds is 3. The predicted octanol–water partition coefficient (Wildman–Crippen LogP) is 4.29. The van der Waals surface area contributed by atoms with Gasteiger partial charge in [-0.1, -0.05) is 29.3 Å². The minimum absolute atomic E-state index is 0.122. The number of methoxy groups -OCH3 is 1. The lowest BCUT2D eigenvalue weighted by Crippen LogP contribution is -2.46. The molecule has 2 amide bonds. The summed E-state index contributed by atoms with van der Waals surface area (Å²) in [6.07, 6.45) is 0. The third-order valence-electron chi connectivity index (χ3n) is 6.35. The molecule has 2 aliphatic heterocycles. The Balaban J connectivity index is 1.87. The van der Waals surface area contributed by atoms with Gasteiger partial charge in [0.25, 0.3) is 11.8 Å². The summed E-state index contributed by atoms with van der Waals surface area (Å²) in [5, 5.41) is 4.21. The highest BCUT2D eigenvalue weighted by Gasteiger charge is 2.49. The van der Waals surface area contributed by atoms with Crippen molar-refractivity contribution in [2.75, 3.05) is 27.2 Å². The van der Waals surface area contributed by atoms with E-state index in [0.717, 1.165) is 11.3 Å². The van der Waals surface area contributed by atoms with Crippen LogP contribution in [0.1, 0.15) is 35.8 Å². The van der Waals surface area contributed by atoms with Gasteiger partial charge in [-0.3, -0.25) is 9.59 Å². The first kappa shape index (κ1) is 22.5. The zero-order valence-corrected chi connectivity index (χ0v) is 19.9. The molecule has 32 heavy (non-hydrogen) atoms. The smallest absolute Gasteiger partial charge is 0.254 e. The molecule has 0 bridgehead atoms. The van der Waals surface area contributed by atoms with Crippen molar-refractivity contribution in [1.29, 1.82) is 0 Å². The zero-order chi connectivity index (χ0) is 23.2. The Bertz CT molecular complexity index is 1110. The zero-order valence-electron chi connectivity index (χ0n) is 18.4. The summed E-state index contributed by atoms with van der Waals surface area (Å²) in [6.45, 7) is 4.92. The molecule has 2 heterocycles. The fourth-order valence-corrected chi connectivity index (χ4v) is 4.64. The van der Waals surface area contributed by atoms with Crippen LogP contribution in [0, 0.1) is 0 Å². The van der Waals surface area contributed by atoms with Gasteiger partial charge in [-0.25, -0.2) is 0 Å². The van der Waals surface area contributed by atoms with Crippen LogP contribution in [0.2, 0.25) is 10.0 Å². The van der Waals surface area contributed by atoms with Gasteiger partial charge in [0.15, 0.2) is 0 Å². The molecule has 0 spiro atoms. The molecule has 2 aromatic carbocycles. The fraction of sp³-hybridized carbons (Fsp3) is 0.333. The molecule has 1 unspecified atom stereocenters. The molecular weight excluding hydrogens is 449 g/mol. The Morgan fingerprint density at radius 3 is 2.44 bits per heavy atom. The van der Waals surface area contributed by atoms with Crippen LogP contribution in [-0.2, 0) is 4.79 Å². The molecule has 6 nitrogen and oxygen atoms in total. The summed E-state index contributed by atoms with van der Waals surface area (Å²) in [7, 11) is 3.36. The summed E-state index contributed by atoms with van der Waals surface area (Å²) in [5.41, 5.74) is 2.09. The van der Waals surface area contributed by atoms with Gasteiger partial charge in [0.05, 0.1) is 34.3 Å². The minimum Gasteiger partial charge on any atom is -0.497 e. The molecule has 1 N–H and O–H groups in total. The second-order valence-corrected chi connectivity index (χ2v) is 9.26. The van der Waals surface area contributed by atoms with Crippen molar-refractivity contribution in [3.05, 3.63) is 74.9 Å². The van der Waals surface area contributed by atoms with Crippen molar-refractivity contribution >= 4 is 35.0 Å². The molecule has 0 radical (unpaired) electrons. The van der Waals surface area contributed by atoms with Gasteiger partial charge in [-0.2, -0.15) is 0 Å². The Hall–Kier alpha value is -2.70. The SMILES string of the molecule is COc1ccc(C(=O)N2CCNC3=C(C(=O)N(C)C3(C)C)C2c2ccc(Cl)c(Cl)c2)cc1. The van der Waals surface area contributed by atoms with Crippen molar-refractivity contribution in [2.24, 2.45) is 0 Å². The molecule has 2 aliphatic rings. The highest BCUT2D eigenvalue weighted by molar-refractivity contribution is 6.42. The van der Waals surface area contributed by atoms with Crippen molar-refractivity contribution in [1.82, 2.24) is 15.1 Å². The number of nitrogens with one attached hydrogen (secondary N) is 1. The summed E-state index contributed by atoms with van der Waals surface area (Å²) in [5.74, 6) is 0.363. The Morgan fingerprint density at radius 1 is 1.12 bits per heavy atom. The van der Waals surface area contributed by atoms with Crippen molar-refractivity contribution in [3.8, 4) is 5.75 Å². The normalized spacial score (nSPS) is 20.1. The van der Waals surface area contributed by atoms with Gasteiger partial charge in [0.2, 0.25) is 0 Å². The maximum Gasteiger partial charge on any atom is 0.254 e. The topological polar surface area (TPSA) is 61.9 Å². The first-order chi connectivity index (χ1) is 15.2. The number of ether oxygens (including phenoxy) is 1. The number of carbonyl (C=O) groups is 2. The molecular formula is C24H25Cl2N3O3. The van der Waals surface area contributed by atoms with Crippen LogP contribution in [-0.4, -0.2) is 54.4 Å². The maximum atomic E-state index is 13.7. The highest BCUT2D eigenvalue weighted by Crippen LogP contribution is 2.43. The van der Waals surface area contributed by atoms with Crippen LogP contribution in [0.15, 0.2) is 53.7 Å². The van der Waals surface area contributed by atoms with E-state index in [0.29, 0.717) is 40.0 Å². The van der Waals surface area contributed by atoms with E-state index in [4.69, 9.17) is 27.9 Å². The third kappa shape index (κ3) is 3.61. The highest BCUT2D eigenvalue weighted by atomic mass is 35.5. The summed E-state index contributed by atoms with van der Waals surface area (Å²) in [6, 6.07) is 11.6. The first-order valence-corrected chi connectivity index (χ1v) is 11.1. The largest absolute Gasteiger partial charge is 0.497 e. The molecule has 8 heteroatoms. The van der Waals surface area contributed by atoms with Gasteiger partial charge in [0, 0.05) is 31.4 Å². The minimum atomic E-state index is -0.610. The van der Waals surface area contributed by atoms with E-state index < -0.39 is 11.6 Å². The molecule has 4 rings (SSSR count). The molecule has 2 aromatic rings. The maximum absolute atomic E-state index is 13.7. The standard InChI is InChI=1S/C24H25Cl2N3O3/c1-24(2)21-19(23(31)28(24)3)20(15-7-10-17(25)18(26)13-15)29(12-11-27-21)22(30)14-5-8-16(32-4)9-6-14/h5-10,13,20,27H,11-12H2,1-4H3. The Morgan fingerprint density at radius 2 is 1.81 bits per heavy atom. The molecule has 0 saturated heterocycles. The molecule has 168 valence electrons. The second kappa shape index (κ2) is 8.34. The van der Waals surface area contributed by atoms with Crippen molar-refractivity contribution in [3.63, 3.8) is 0 Å². The average Bonchev–Trinajstić information content (AvgIpc) is 2.93. The van der Waals surface area contributed by atoms with E-state index in [2.05, 4.69) is 5.32 Å². The van der Waals surface area contributed by atoms with Gasteiger partial charge < -0.3 is 19.9 Å². The first-order valence-electron chi connectivity index (χ1n) is 10.3. The van der Waals surface area contributed by atoms with Crippen LogP contribution in [0.25, 0.3) is 0 Å². The van der Waals surface area contributed by atoms with Crippen LogP contribution in [0.4, 0.5) is 0 Å². The second-order valence-electron chi connectivity index (χ2n) is 8.44. The number of nitrogens with zero attached hydrogens (tertiary/aromatic N) is 2. The number of hydrogen-bond donors (Lipinski definition) is 1. The average molecular weight is 474 g/mol. The molecule has 1 atom stereocenters. The van der Waals surface area contributed by atoms with Gasteiger partial charge in [-0.15, -0.1) is 0 Å². The third-order valence-corrected chi connectivity index (χ3v) is 7.09. The lowest BCUT2D eigenvalue weighted by molar-refractivity contribution is -0.127. The molecule has 0 fully saturated rings. The Kier molecular flexibility index (Phi) is 5.86. The summed E-state index contributed by atoms with van der Waals surface area (Å²) in [4.78, 5) is 30.6. The predicted molar refractivity (Wildman–Crippen MR) is 125 cm³/mol. The number of halogens is 2. The number of hydrogen-bond acceptors (Lipinski definition) is 4. The number of benzene rings is 2. The van der Waals surface area contributed by atoms with E-state index in [-0.39, 0.29) is 11.8 Å². The van der Waals surface area contributed by atoms with E-state index >= 15 is 0 Å². The number of amides is 2. The lowest BCUT2D eigenvalue weighted by Gasteiger charge is -2.33. The Labute approximate surface area is 197 Å². The quantitative estimate of drug-likeness (QED) is 0.721. The van der Waals surface area contributed by atoms with Crippen LogP contribution in [0.5, 0.6) is 5.75 Å². The summed E-state index contributed by atoms with van der Waals surface area (Å²) >= 11 is 12.5. The van der Waals surface area contributed by atoms with Crippen molar-refractivity contribution < 1.29 is 14.3 Å². The monoisotopic (exact) mass is 473 g/mol. The molecule has 0 aromatic heterocycles. The van der Waals surface area contributed by atoms with E-state index in [1.807, 2.05) is 19.9 Å². The van der Waals surface area contributed by atoms with Crippen LogP contribution < -0.4 is 10.1 Å². The van der Waals surface area contributed by atoms with Gasteiger partial charge in [0.1, 0.15) is 5.75 Å². The molecule has 0 aliphatic carbocycles. The van der Waals surface area contributed by atoms with Crippen molar-refractivity contribution in [2.45, 2.75) is 25.4 Å². The summed E-state index contributed by atoms with van der Waals surface area (Å²) < 4.78 is 5.22. The van der Waals surface area contributed by atoms with Crippen LogP contribution in [0.3, 0.4) is 0 Å². The number of likely N-dealkylation sites (N-methyl/N-ethyl adjacent to an activating group) is 1. The van der Waals surface area contributed by atoms with Gasteiger partial charge >= 0.3 is 0 Å². The number of carbonyl (C=O) groups excluding carboxylic acids is 2. The van der Waals surface area contributed by atoms with E-state index in [9.17, 15) is 9.59 Å². The lowest BCUT2D eigenvalue weighted by atomic mass is 9.92.